The van der Waals surface area contributed by atoms with Crippen molar-refractivity contribution in [2.24, 2.45) is 22.6 Å². The van der Waals surface area contributed by atoms with Crippen molar-refractivity contribution in [3.63, 3.8) is 0 Å². The summed E-state index contributed by atoms with van der Waals surface area (Å²) < 4.78 is 0. The second-order valence-corrected chi connectivity index (χ2v) is 5.87. The average Bonchev–Trinajstić information content (AvgIpc) is 2.76. The number of likely N-dealkylation sites (tertiary alicyclic amines) is 1. The largest absolute Gasteiger partial charge is 0.341 e. The number of hydrogen-bond acceptors (Lipinski definition) is 3. The molecule has 0 aromatic heterocycles. The molecule has 1 aliphatic carbocycles. The maximum absolute atomic E-state index is 8.86. The van der Waals surface area contributed by atoms with E-state index in [9.17, 15) is 0 Å². The molecule has 0 aromatic rings. The fraction of sp³-hybridized carbons (Fsp3) is 0.571. The maximum Gasteiger partial charge on any atom is 0.207 e. The van der Waals surface area contributed by atoms with E-state index in [1.165, 1.54) is 0 Å². The zero-order valence-electron chi connectivity index (χ0n) is 11.5. The second kappa shape index (κ2) is 5.45. The van der Waals surface area contributed by atoms with Crippen LogP contribution in [0.2, 0.25) is 0 Å². The molecule has 5 nitrogen and oxygen atoms in total. The van der Waals surface area contributed by atoms with Gasteiger partial charge in [-0.25, -0.2) is 0 Å². The third-order valence-corrected chi connectivity index (χ3v) is 3.34. The first kappa shape index (κ1) is 13.6. The number of hydrogen-bond donors (Lipinski definition) is 2. The first-order chi connectivity index (χ1) is 8.99. The molecule has 102 valence electrons. The predicted molar refractivity (Wildman–Crippen MR) is 76.2 cm³/mol. The third-order valence-electron chi connectivity index (χ3n) is 3.34. The first-order valence-corrected chi connectivity index (χ1v) is 6.58. The second-order valence-electron chi connectivity index (χ2n) is 5.87. The van der Waals surface area contributed by atoms with Crippen LogP contribution in [0.15, 0.2) is 29.3 Å². The molecule has 0 radical (unpaired) electrons. The molecule has 1 aliphatic heterocycles. The van der Waals surface area contributed by atoms with Crippen LogP contribution in [0, 0.1) is 23.3 Å². The summed E-state index contributed by atoms with van der Waals surface area (Å²) in [5.74, 6) is 1.67. The number of nitrogens with two attached hydrogens (primary N) is 1. The van der Waals surface area contributed by atoms with Crippen molar-refractivity contribution >= 4 is 5.96 Å². The van der Waals surface area contributed by atoms with Crippen molar-refractivity contribution in [1.82, 2.24) is 10.2 Å². The number of aliphatic imine (C=N–C) groups is 1. The van der Waals surface area contributed by atoms with Gasteiger partial charge < -0.3 is 10.6 Å². The lowest BCUT2D eigenvalue weighted by Gasteiger charge is -2.21. The van der Waals surface area contributed by atoms with Crippen LogP contribution in [0.4, 0.5) is 0 Å². The zero-order valence-corrected chi connectivity index (χ0v) is 11.5. The van der Waals surface area contributed by atoms with Gasteiger partial charge in [0.05, 0.1) is 6.54 Å². The summed E-state index contributed by atoms with van der Waals surface area (Å²) in [5, 5.41) is 11.5. The standard InChI is InChI=1S/C14H21N5/c1-14(2,16)9-17-13(18-10-15)19-7-11-5-3-4-6-12(11)8-19/h3-6,11-12H,7-9,16H2,1-2H3,(H,17,18). The SMILES string of the molecule is CC(C)(N)CN=C(NC#N)N1CC2C=CC=CC2C1. The van der Waals surface area contributed by atoms with Crippen molar-refractivity contribution in [3.8, 4) is 6.19 Å². The molecule has 1 saturated heterocycles. The topological polar surface area (TPSA) is 77.4 Å². The van der Waals surface area contributed by atoms with Crippen LogP contribution in [0.3, 0.4) is 0 Å². The van der Waals surface area contributed by atoms with Crippen molar-refractivity contribution in [3.05, 3.63) is 24.3 Å². The van der Waals surface area contributed by atoms with E-state index in [1.807, 2.05) is 20.0 Å². The van der Waals surface area contributed by atoms with Gasteiger partial charge in [-0.05, 0) is 13.8 Å². The monoisotopic (exact) mass is 259 g/mol. The summed E-state index contributed by atoms with van der Waals surface area (Å²) in [7, 11) is 0. The molecule has 2 aliphatic rings. The third kappa shape index (κ3) is 3.58. The normalized spacial score (nSPS) is 26.2. The fourth-order valence-electron chi connectivity index (χ4n) is 2.40. The number of nitriles is 1. The molecule has 2 atom stereocenters. The molecule has 1 heterocycles. The van der Waals surface area contributed by atoms with Gasteiger partial charge in [-0.15, -0.1) is 0 Å². The molecular formula is C14H21N5. The highest BCUT2D eigenvalue weighted by atomic mass is 15.3. The first-order valence-electron chi connectivity index (χ1n) is 6.58. The van der Waals surface area contributed by atoms with Gasteiger partial charge in [0, 0.05) is 30.5 Å². The Morgan fingerprint density at radius 1 is 1.42 bits per heavy atom. The van der Waals surface area contributed by atoms with Crippen LogP contribution in [-0.2, 0) is 0 Å². The minimum absolute atomic E-state index is 0.366. The molecule has 5 heteroatoms. The lowest BCUT2D eigenvalue weighted by Crippen LogP contribution is -2.41. The van der Waals surface area contributed by atoms with E-state index in [4.69, 9.17) is 11.0 Å². The fourth-order valence-corrected chi connectivity index (χ4v) is 2.40. The number of nitrogens with one attached hydrogen (secondary N) is 1. The van der Waals surface area contributed by atoms with Gasteiger partial charge in [0.2, 0.25) is 5.96 Å². The molecule has 0 saturated carbocycles. The predicted octanol–water partition coefficient (Wildman–Crippen LogP) is 0.824. The summed E-state index contributed by atoms with van der Waals surface area (Å²) in [6.45, 7) is 6.13. The van der Waals surface area contributed by atoms with Crippen LogP contribution in [-0.4, -0.2) is 36.0 Å². The smallest absolute Gasteiger partial charge is 0.207 e. The van der Waals surface area contributed by atoms with E-state index in [0.717, 1.165) is 13.1 Å². The van der Waals surface area contributed by atoms with E-state index < -0.39 is 0 Å². The Balaban J connectivity index is 2.07. The number of rotatable bonds is 2. The van der Waals surface area contributed by atoms with Crippen molar-refractivity contribution in [1.29, 1.82) is 5.26 Å². The Morgan fingerprint density at radius 2 is 2.00 bits per heavy atom. The molecule has 0 aromatic carbocycles. The minimum atomic E-state index is -0.366. The highest BCUT2D eigenvalue weighted by Gasteiger charge is 2.32. The highest BCUT2D eigenvalue weighted by molar-refractivity contribution is 5.81. The number of allylic oxidation sites excluding steroid dienone is 2. The van der Waals surface area contributed by atoms with E-state index >= 15 is 0 Å². The summed E-state index contributed by atoms with van der Waals surface area (Å²) in [6, 6.07) is 0. The van der Waals surface area contributed by atoms with E-state index in [0.29, 0.717) is 24.3 Å². The molecule has 19 heavy (non-hydrogen) atoms. The maximum atomic E-state index is 8.86. The van der Waals surface area contributed by atoms with E-state index in [2.05, 4.69) is 39.5 Å². The molecular weight excluding hydrogens is 238 g/mol. The van der Waals surface area contributed by atoms with E-state index in [-0.39, 0.29) is 5.54 Å². The van der Waals surface area contributed by atoms with Crippen molar-refractivity contribution < 1.29 is 0 Å². The highest BCUT2D eigenvalue weighted by Crippen LogP contribution is 2.28. The Kier molecular flexibility index (Phi) is 3.91. The average molecular weight is 259 g/mol. The van der Waals surface area contributed by atoms with Crippen molar-refractivity contribution in [2.45, 2.75) is 19.4 Å². The van der Waals surface area contributed by atoms with Gasteiger partial charge in [-0.1, -0.05) is 24.3 Å². The van der Waals surface area contributed by atoms with Gasteiger partial charge in [-0.3, -0.25) is 10.3 Å². The Hall–Kier alpha value is -1.80. The molecule has 0 amide bonds. The van der Waals surface area contributed by atoms with Crippen LogP contribution in [0.25, 0.3) is 0 Å². The lowest BCUT2D eigenvalue weighted by molar-refractivity contribution is 0.474. The molecule has 2 rings (SSSR count). The van der Waals surface area contributed by atoms with Crippen molar-refractivity contribution in [2.75, 3.05) is 19.6 Å². The quantitative estimate of drug-likeness (QED) is 0.333. The Bertz CT molecular complexity index is 429. The van der Waals surface area contributed by atoms with E-state index in [1.54, 1.807) is 0 Å². The number of fused-ring (bicyclic) bond motifs is 1. The summed E-state index contributed by atoms with van der Waals surface area (Å²) in [6.07, 6.45) is 10.6. The molecule has 1 fully saturated rings. The lowest BCUT2D eigenvalue weighted by atomic mass is 9.92. The summed E-state index contributed by atoms with van der Waals surface area (Å²) >= 11 is 0. The van der Waals surface area contributed by atoms with Crippen LogP contribution >= 0.6 is 0 Å². The zero-order chi connectivity index (χ0) is 13.9. The van der Waals surface area contributed by atoms with Gasteiger partial charge in [0.15, 0.2) is 6.19 Å². The van der Waals surface area contributed by atoms with Gasteiger partial charge in [0.25, 0.3) is 0 Å². The molecule has 3 N–H and O–H groups in total. The summed E-state index contributed by atoms with van der Waals surface area (Å²) in [5.41, 5.74) is 5.57. The van der Waals surface area contributed by atoms with Crippen LogP contribution in [0.5, 0.6) is 0 Å². The number of nitrogens with zero attached hydrogens (tertiary/aromatic N) is 3. The summed E-state index contributed by atoms with van der Waals surface area (Å²) in [4.78, 5) is 6.59. The molecule has 0 spiro atoms. The minimum Gasteiger partial charge on any atom is -0.341 e. The van der Waals surface area contributed by atoms with Gasteiger partial charge in [-0.2, -0.15) is 5.26 Å². The Morgan fingerprint density at radius 3 is 2.47 bits per heavy atom. The Labute approximate surface area is 114 Å². The molecule has 0 bridgehead atoms. The van der Waals surface area contributed by atoms with Crippen LogP contribution < -0.4 is 11.1 Å². The number of guanidine groups is 1. The van der Waals surface area contributed by atoms with Crippen LogP contribution in [0.1, 0.15) is 13.8 Å². The van der Waals surface area contributed by atoms with Gasteiger partial charge in [0.1, 0.15) is 0 Å². The molecule has 2 unspecified atom stereocenters. The van der Waals surface area contributed by atoms with Gasteiger partial charge >= 0.3 is 0 Å².